The lowest BCUT2D eigenvalue weighted by Crippen LogP contribution is -2.17. The molecule has 1 atom stereocenters. The van der Waals surface area contributed by atoms with Gasteiger partial charge in [-0.1, -0.05) is 13.3 Å². The van der Waals surface area contributed by atoms with Gasteiger partial charge in [0.1, 0.15) is 0 Å². The summed E-state index contributed by atoms with van der Waals surface area (Å²) in [7, 11) is 1.97. The van der Waals surface area contributed by atoms with Gasteiger partial charge in [-0.3, -0.25) is 0 Å². The highest BCUT2D eigenvalue weighted by Crippen LogP contribution is 2.00. The SMILES string of the molecule is CCCCOCCOCCOCCOC(C)CCCNC. The van der Waals surface area contributed by atoms with E-state index in [2.05, 4.69) is 19.2 Å². The summed E-state index contributed by atoms with van der Waals surface area (Å²) in [6.45, 7) is 9.99. The number of rotatable bonds is 17. The molecule has 0 amide bonds. The molecule has 0 aromatic rings. The smallest absolute Gasteiger partial charge is 0.0704 e. The topological polar surface area (TPSA) is 49.0 Å². The zero-order valence-electron chi connectivity index (χ0n) is 14.2. The first-order valence-corrected chi connectivity index (χ1v) is 8.30. The lowest BCUT2D eigenvalue weighted by Gasteiger charge is -2.13. The first-order chi connectivity index (χ1) is 10.3. The average molecular weight is 305 g/mol. The lowest BCUT2D eigenvalue weighted by atomic mass is 10.2. The number of nitrogens with one attached hydrogen (secondary N) is 1. The van der Waals surface area contributed by atoms with Gasteiger partial charge in [-0.05, 0) is 39.8 Å². The fraction of sp³-hybridized carbons (Fsp3) is 1.00. The third kappa shape index (κ3) is 17.7. The second kappa shape index (κ2) is 17.9. The van der Waals surface area contributed by atoms with Gasteiger partial charge in [-0.15, -0.1) is 0 Å². The van der Waals surface area contributed by atoms with Crippen molar-refractivity contribution in [3.63, 3.8) is 0 Å². The largest absolute Gasteiger partial charge is 0.379 e. The van der Waals surface area contributed by atoms with Crippen LogP contribution < -0.4 is 5.32 Å². The maximum Gasteiger partial charge on any atom is 0.0704 e. The van der Waals surface area contributed by atoms with E-state index < -0.39 is 0 Å². The number of hydrogen-bond acceptors (Lipinski definition) is 5. The van der Waals surface area contributed by atoms with Crippen molar-refractivity contribution in [3.8, 4) is 0 Å². The Labute approximate surface area is 130 Å². The highest BCUT2D eigenvalue weighted by atomic mass is 16.6. The fourth-order valence-electron chi connectivity index (χ4n) is 1.75. The zero-order chi connectivity index (χ0) is 15.6. The van der Waals surface area contributed by atoms with Crippen molar-refractivity contribution in [1.82, 2.24) is 5.32 Å². The average Bonchev–Trinajstić information content (AvgIpc) is 2.48. The van der Waals surface area contributed by atoms with E-state index in [0.29, 0.717) is 45.7 Å². The van der Waals surface area contributed by atoms with E-state index in [1.54, 1.807) is 0 Å². The molecule has 0 radical (unpaired) electrons. The Morgan fingerprint density at radius 3 is 1.95 bits per heavy atom. The Bertz CT molecular complexity index is 193. The monoisotopic (exact) mass is 305 g/mol. The van der Waals surface area contributed by atoms with E-state index >= 15 is 0 Å². The van der Waals surface area contributed by atoms with Crippen LogP contribution in [0.4, 0.5) is 0 Å². The van der Waals surface area contributed by atoms with Crippen LogP contribution in [0.5, 0.6) is 0 Å². The Morgan fingerprint density at radius 2 is 1.38 bits per heavy atom. The maximum absolute atomic E-state index is 5.66. The van der Waals surface area contributed by atoms with E-state index in [1.807, 2.05) is 7.05 Å². The fourth-order valence-corrected chi connectivity index (χ4v) is 1.75. The molecule has 1 unspecified atom stereocenters. The Balaban J connectivity index is 3.05. The molecule has 0 bridgehead atoms. The lowest BCUT2D eigenvalue weighted by molar-refractivity contribution is -0.0167. The normalized spacial score (nSPS) is 12.7. The van der Waals surface area contributed by atoms with Gasteiger partial charge >= 0.3 is 0 Å². The van der Waals surface area contributed by atoms with E-state index in [4.69, 9.17) is 18.9 Å². The van der Waals surface area contributed by atoms with E-state index in [1.165, 1.54) is 6.42 Å². The molecule has 5 heteroatoms. The highest BCUT2D eigenvalue weighted by molar-refractivity contribution is 4.52. The minimum Gasteiger partial charge on any atom is -0.379 e. The molecule has 0 aliphatic carbocycles. The van der Waals surface area contributed by atoms with Crippen molar-refractivity contribution >= 4 is 0 Å². The summed E-state index contributed by atoms with van der Waals surface area (Å²) in [5, 5.41) is 3.13. The van der Waals surface area contributed by atoms with Crippen molar-refractivity contribution in [2.24, 2.45) is 0 Å². The van der Waals surface area contributed by atoms with Crippen molar-refractivity contribution in [2.45, 2.75) is 45.6 Å². The Hall–Kier alpha value is -0.200. The van der Waals surface area contributed by atoms with Gasteiger partial charge in [0.25, 0.3) is 0 Å². The first kappa shape index (κ1) is 20.8. The molecule has 0 fully saturated rings. The van der Waals surface area contributed by atoms with Crippen LogP contribution in [-0.2, 0) is 18.9 Å². The van der Waals surface area contributed by atoms with Crippen molar-refractivity contribution in [2.75, 3.05) is 59.8 Å². The molecule has 0 saturated carbocycles. The van der Waals surface area contributed by atoms with Crippen LogP contribution in [-0.4, -0.2) is 65.9 Å². The van der Waals surface area contributed by atoms with Gasteiger partial charge in [0, 0.05) is 6.61 Å². The summed E-state index contributed by atoms with van der Waals surface area (Å²) in [5.41, 5.74) is 0. The summed E-state index contributed by atoms with van der Waals surface area (Å²) >= 11 is 0. The summed E-state index contributed by atoms with van der Waals surface area (Å²) in [6.07, 6.45) is 4.83. The molecular formula is C16H35NO4. The first-order valence-electron chi connectivity index (χ1n) is 8.30. The molecule has 5 nitrogen and oxygen atoms in total. The molecular weight excluding hydrogens is 270 g/mol. The van der Waals surface area contributed by atoms with Crippen LogP contribution in [0.2, 0.25) is 0 Å². The molecule has 0 rings (SSSR count). The summed E-state index contributed by atoms with van der Waals surface area (Å²) in [5.74, 6) is 0. The molecule has 128 valence electrons. The Kier molecular flexibility index (Phi) is 17.7. The molecule has 0 saturated heterocycles. The second-order valence-corrected chi connectivity index (χ2v) is 5.12. The molecule has 0 aliphatic heterocycles. The molecule has 0 aromatic heterocycles. The highest BCUT2D eigenvalue weighted by Gasteiger charge is 2.01. The summed E-state index contributed by atoms with van der Waals surface area (Å²) in [4.78, 5) is 0. The molecule has 0 aromatic carbocycles. The van der Waals surface area contributed by atoms with Crippen molar-refractivity contribution < 1.29 is 18.9 Å². The third-order valence-corrected chi connectivity index (χ3v) is 3.05. The third-order valence-electron chi connectivity index (χ3n) is 3.05. The molecule has 0 spiro atoms. The van der Waals surface area contributed by atoms with Crippen LogP contribution in [0, 0.1) is 0 Å². The van der Waals surface area contributed by atoms with Gasteiger partial charge in [0.15, 0.2) is 0 Å². The number of ether oxygens (including phenoxy) is 4. The quantitative estimate of drug-likeness (QED) is 0.418. The van der Waals surface area contributed by atoms with Crippen LogP contribution in [0.15, 0.2) is 0 Å². The van der Waals surface area contributed by atoms with Crippen LogP contribution in [0.25, 0.3) is 0 Å². The van der Waals surface area contributed by atoms with Crippen LogP contribution in [0.3, 0.4) is 0 Å². The predicted molar refractivity (Wildman–Crippen MR) is 85.9 cm³/mol. The van der Waals surface area contributed by atoms with E-state index in [-0.39, 0.29) is 0 Å². The summed E-state index contributed by atoms with van der Waals surface area (Å²) in [6, 6.07) is 0. The zero-order valence-corrected chi connectivity index (χ0v) is 14.2. The van der Waals surface area contributed by atoms with Gasteiger partial charge in [-0.2, -0.15) is 0 Å². The molecule has 0 heterocycles. The van der Waals surface area contributed by atoms with Gasteiger partial charge < -0.3 is 24.3 Å². The summed E-state index contributed by atoms with van der Waals surface area (Å²) < 4.78 is 21.9. The minimum absolute atomic E-state index is 0.304. The van der Waals surface area contributed by atoms with Crippen LogP contribution >= 0.6 is 0 Å². The molecule has 0 aliphatic rings. The van der Waals surface area contributed by atoms with Crippen LogP contribution in [0.1, 0.15) is 39.5 Å². The minimum atomic E-state index is 0.304. The van der Waals surface area contributed by atoms with Gasteiger partial charge in [0.2, 0.25) is 0 Å². The second-order valence-electron chi connectivity index (χ2n) is 5.12. The van der Waals surface area contributed by atoms with Crippen molar-refractivity contribution in [3.05, 3.63) is 0 Å². The molecule has 21 heavy (non-hydrogen) atoms. The number of unbranched alkanes of at least 4 members (excludes halogenated alkanes) is 1. The van der Waals surface area contributed by atoms with E-state index in [0.717, 1.165) is 32.4 Å². The van der Waals surface area contributed by atoms with Gasteiger partial charge in [0.05, 0.1) is 45.7 Å². The van der Waals surface area contributed by atoms with Crippen molar-refractivity contribution in [1.29, 1.82) is 0 Å². The van der Waals surface area contributed by atoms with Gasteiger partial charge in [-0.25, -0.2) is 0 Å². The maximum atomic E-state index is 5.66. The Morgan fingerprint density at radius 1 is 0.810 bits per heavy atom. The predicted octanol–water partition coefficient (Wildman–Crippen LogP) is 2.24. The standard InChI is InChI=1S/C16H35NO4/c1-4-5-9-18-10-11-19-12-13-20-14-15-21-16(2)7-6-8-17-3/h16-17H,4-15H2,1-3H3. The van der Waals surface area contributed by atoms with E-state index in [9.17, 15) is 0 Å². The molecule has 1 N–H and O–H groups in total. The number of hydrogen-bond donors (Lipinski definition) is 1.